The monoisotopic (exact) mass is 383 g/mol. The summed E-state index contributed by atoms with van der Waals surface area (Å²) in [5.74, 6) is 0.551. The Morgan fingerprint density at radius 1 is 1.14 bits per heavy atom. The Morgan fingerprint density at radius 3 is 2.82 bits per heavy atom. The van der Waals surface area contributed by atoms with Crippen LogP contribution < -0.4 is 11.2 Å². The van der Waals surface area contributed by atoms with Crippen LogP contribution in [0.5, 0.6) is 0 Å². The van der Waals surface area contributed by atoms with Gasteiger partial charge in [-0.2, -0.15) is 0 Å². The van der Waals surface area contributed by atoms with Crippen LogP contribution in [0.2, 0.25) is 0 Å². The Balaban J connectivity index is 1.39. The molecular weight excluding hydrogens is 358 g/mol. The van der Waals surface area contributed by atoms with Gasteiger partial charge in [0, 0.05) is 63.6 Å². The highest BCUT2D eigenvalue weighted by Crippen LogP contribution is 2.29. The Morgan fingerprint density at radius 2 is 2.04 bits per heavy atom. The molecular formula is C20H25N5O3. The molecule has 3 saturated heterocycles. The standard InChI is InChI=1S/C20H25N5O3/c26-18-6-9-24(20(28)22-18)10-7-19(27)25-12-15-4-5-17(25)14-23(11-15)13-16-3-1-2-8-21-16/h1-3,6,8-9,15,17H,4-5,7,10-14H2,(H,22,26,28)/t15-,17+/m0/s1. The fourth-order valence-electron chi connectivity index (χ4n) is 4.31. The van der Waals surface area contributed by atoms with E-state index >= 15 is 0 Å². The van der Waals surface area contributed by atoms with E-state index in [2.05, 4.69) is 14.9 Å². The van der Waals surface area contributed by atoms with Crippen molar-refractivity contribution in [3.8, 4) is 0 Å². The van der Waals surface area contributed by atoms with Crippen LogP contribution >= 0.6 is 0 Å². The maximum Gasteiger partial charge on any atom is 0.328 e. The van der Waals surface area contributed by atoms with Crippen molar-refractivity contribution in [3.63, 3.8) is 0 Å². The molecule has 3 aliphatic rings. The summed E-state index contributed by atoms with van der Waals surface area (Å²) < 4.78 is 1.38. The number of aromatic nitrogens is 3. The van der Waals surface area contributed by atoms with Crippen LogP contribution in [0.25, 0.3) is 0 Å². The highest BCUT2D eigenvalue weighted by Gasteiger charge is 2.36. The zero-order valence-corrected chi connectivity index (χ0v) is 15.8. The van der Waals surface area contributed by atoms with Gasteiger partial charge in [-0.15, -0.1) is 0 Å². The molecule has 148 valence electrons. The number of pyridine rings is 1. The number of fused-ring (bicyclic) bond motifs is 4. The lowest BCUT2D eigenvalue weighted by Crippen LogP contribution is -2.47. The van der Waals surface area contributed by atoms with Crippen LogP contribution in [-0.4, -0.2) is 55.9 Å². The molecule has 2 bridgehead atoms. The van der Waals surface area contributed by atoms with Crippen LogP contribution in [0.4, 0.5) is 0 Å². The fraction of sp³-hybridized carbons (Fsp3) is 0.500. The van der Waals surface area contributed by atoms with Gasteiger partial charge >= 0.3 is 5.69 Å². The topological polar surface area (TPSA) is 91.3 Å². The minimum atomic E-state index is -0.473. The Hall–Kier alpha value is -2.74. The van der Waals surface area contributed by atoms with Gasteiger partial charge in [0.2, 0.25) is 5.91 Å². The maximum absolute atomic E-state index is 12.9. The summed E-state index contributed by atoms with van der Waals surface area (Å²) in [5, 5.41) is 0. The predicted molar refractivity (Wildman–Crippen MR) is 104 cm³/mol. The predicted octanol–water partition coefficient (Wildman–Crippen LogP) is 0.445. The number of nitrogens with zero attached hydrogens (tertiary/aromatic N) is 4. The number of nitrogens with one attached hydrogen (secondary N) is 1. The van der Waals surface area contributed by atoms with E-state index in [0.29, 0.717) is 5.92 Å². The zero-order valence-electron chi connectivity index (χ0n) is 15.8. The molecule has 0 radical (unpaired) electrons. The van der Waals surface area contributed by atoms with Crippen LogP contribution in [0.1, 0.15) is 25.0 Å². The van der Waals surface area contributed by atoms with Gasteiger partial charge in [0.05, 0.1) is 5.69 Å². The van der Waals surface area contributed by atoms with Crippen molar-refractivity contribution in [2.24, 2.45) is 5.92 Å². The largest absolute Gasteiger partial charge is 0.338 e. The number of rotatable bonds is 5. The van der Waals surface area contributed by atoms with Gasteiger partial charge in [-0.1, -0.05) is 6.07 Å². The summed E-state index contributed by atoms with van der Waals surface area (Å²) in [6, 6.07) is 7.47. The van der Waals surface area contributed by atoms with Crippen molar-refractivity contribution in [2.45, 2.75) is 38.4 Å². The van der Waals surface area contributed by atoms with E-state index in [-0.39, 0.29) is 24.9 Å². The first kappa shape index (κ1) is 18.6. The lowest BCUT2D eigenvalue weighted by atomic mass is 9.94. The van der Waals surface area contributed by atoms with E-state index in [1.807, 2.05) is 29.3 Å². The summed E-state index contributed by atoms with van der Waals surface area (Å²) in [4.78, 5) is 46.9. The van der Waals surface area contributed by atoms with Crippen molar-refractivity contribution in [1.82, 2.24) is 24.3 Å². The number of carbonyl (C=O) groups is 1. The highest BCUT2D eigenvalue weighted by atomic mass is 16.2. The fourth-order valence-corrected chi connectivity index (χ4v) is 4.31. The molecule has 2 atom stereocenters. The lowest BCUT2D eigenvalue weighted by Gasteiger charge is -2.36. The second-order valence-corrected chi connectivity index (χ2v) is 7.71. The molecule has 0 unspecified atom stereocenters. The van der Waals surface area contributed by atoms with Crippen molar-refractivity contribution < 1.29 is 4.79 Å². The third-order valence-corrected chi connectivity index (χ3v) is 5.68. The summed E-state index contributed by atoms with van der Waals surface area (Å²) in [7, 11) is 0. The van der Waals surface area contributed by atoms with Crippen LogP contribution in [-0.2, 0) is 17.9 Å². The summed E-state index contributed by atoms with van der Waals surface area (Å²) in [5.41, 5.74) is 0.156. The number of H-pyrrole nitrogens is 1. The molecule has 3 aliphatic heterocycles. The number of aromatic amines is 1. The van der Waals surface area contributed by atoms with E-state index in [9.17, 15) is 14.4 Å². The molecule has 0 aromatic carbocycles. The number of hydrogen-bond donors (Lipinski definition) is 1. The third-order valence-electron chi connectivity index (χ3n) is 5.68. The Kier molecular flexibility index (Phi) is 5.38. The van der Waals surface area contributed by atoms with E-state index in [1.165, 1.54) is 16.8 Å². The zero-order chi connectivity index (χ0) is 19.5. The van der Waals surface area contributed by atoms with E-state index in [1.54, 1.807) is 0 Å². The van der Waals surface area contributed by atoms with Crippen molar-refractivity contribution >= 4 is 5.91 Å². The molecule has 28 heavy (non-hydrogen) atoms. The summed E-state index contributed by atoms with van der Waals surface area (Å²) in [6.07, 6.45) is 5.68. The van der Waals surface area contributed by atoms with Crippen molar-refractivity contribution in [2.75, 3.05) is 19.6 Å². The average Bonchev–Trinajstić information content (AvgIpc) is 2.98. The molecule has 1 N–H and O–H groups in total. The minimum Gasteiger partial charge on any atom is -0.338 e. The SMILES string of the molecule is O=C(CCn1ccc(=O)[nH]c1=O)N1C[C@H]2CC[C@@H]1CN(Cc1ccccn1)C2. The Labute approximate surface area is 162 Å². The van der Waals surface area contributed by atoms with Crippen LogP contribution in [0.3, 0.4) is 0 Å². The summed E-state index contributed by atoms with van der Waals surface area (Å²) >= 11 is 0. The highest BCUT2D eigenvalue weighted by molar-refractivity contribution is 5.76. The van der Waals surface area contributed by atoms with Crippen LogP contribution in [0.15, 0.2) is 46.2 Å². The first-order chi connectivity index (χ1) is 13.6. The van der Waals surface area contributed by atoms with Gasteiger partial charge in [-0.05, 0) is 30.9 Å². The number of aryl methyl sites for hydroxylation is 1. The molecule has 1 amide bonds. The molecule has 8 heteroatoms. The number of carbonyl (C=O) groups excluding carboxylic acids is 1. The van der Waals surface area contributed by atoms with Crippen LogP contribution in [0, 0.1) is 5.92 Å². The molecule has 0 spiro atoms. The van der Waals surface area contributed by atoms with E-state index in [0.717, 1.165) is 44.7 Å². The molecule has 5 rings (SSSR count). The molecule has 3 fully saturated rings. The molecule has 8 nitrogen and oxygen atoms in total. The van der Waals surface area contributed by atoms with Crippen molar-refractivity contribution in [3.05, 3.63) is 63.2 Å². The van der Waals surface area contributed by atoms with E-state index < -0.39 is 11.2 Å². The van der Waals surface area contributed by atoms with Gasteiger partial charge in [-0.3, -0.25) is 24.5 Å². The molecule has 5 heterocycles. The Bertz CT molecular complexity index is 939. The molecule has 0 saturated carbocycles. The van der Waals surface area contributed by atoms with Gasteiger partial charge in [0.1, 0.15) is 0 Å². The van der Waals surface area contributed by atoms with Crippen molar-refractivity contribution in [1.29, 1.82) is 0 Å². The number of hydrogen-bond acceptors (Lipinski definition) is 5. The minimum absolute atomic E-state index is 0.0764. The van der Waals surface area contributed by atoms with Gasteiger partial charge in [0.15, 0.2) is 0 Å². The first-order valence-electron chi connectivity index (χ1n) is 9.80. The maximum atomic E-state index is 12.9. The smallest absolute Gasteiger partial charge is 0.328 e. The summed E-state index contributed by atoms with van der Waals surface area (Å²) in [6.45, 7) is 3.71. The lowest BCUT2D eigenvalue weighted by molar-refractivity contribution is -0.135. The normalized spacial score (nSPS) is 22.2. The quantitative estimate of drug-likeness (QED) is 0.809. The number of piperidine rings is 1. The van der Waals surface area contributed by atoms with E-state index in [4.69, 9.17) is 0 Å². The third kappa shape index (κ3) is 4.22. The van der Waals surface area contributed by atoms with Gasteiger partial charge < -0.3 is 9.47 Å². The number of amides is 1. The molecule has 0 aliphatic carbocycles. The molecule has 2 aromatic heterocycles. The molecule has 2 aromatic rings. The first-order valence-corrected chi connectivity index (χ1v) is 9.80. The van der Waals surface area contributed by atoms with Gasteiger partial charge in [0.25, 0.3) is 5.56 Å². The second-order valence-electron chi connectivity index (χ2n) is 7.71. The average molecular weight is 383 g/mol. The second kappa shape index (κ2) is 8.10. The van der Waals surface area contributed by atoms with Gasteiger partial charge in [-0.25, -0.2) is 4.79 Å².